The molecule has 1 aromatic rings. The molecule has 19 heavy (non-hydrogen) atoms. The first-order valence-corrected chi connectivity index (χ1v) is 5.97. The predicted octanol–water partition coefficient (Wildman–Crippen LogP) is 2.70. The van der Waals surface area contributed by atoms with Gasteiger partial charge in [0, 0.05) is 0 Å². The van der Waals surface area contributed by atoms with Crippen LogP contribution in [-0.4, -0.2) is 23.7 Å². The van der Waals surface area contributed by atoms with E-state index in [1.807, 2.05) is 6.92 Å². The van der Waals surface area contributed by atoms with Crippen molar-refractivity contribution in [3.63, 3.8) is 0 Å². The minimum absolute atomic E-state index is 0.160. The van der Waals surface area contributed by atoms with Crippen molar-refractivity contribution in [3.05, 3.63) is 35.4 Å². The molecule has 3 nitrogen and oxygen atoms in total. The van der Waals surface area contributed by atoms with Crippen LogP contribution in [0.2, 0.25) is 0 Å². The van der Waals surface area contributed by atoms with E-state index < -0.39 is 23.8 Å². The molecule has 1 aromatic carbocycles. The number of rotatable bonds is 6. The number of nitrogens with one attached hydrogen (secondary N) is 1. The number of hydrogen-bond acceptors (Lipinski definition) is 2. The molecule has 0 bridgehead atoms. The molecule has 0 heterocycles. The number of alkyl halides is 3. The fraction of sp³-hybridized carbons (Fsp3) is 0.462. The third-order valence-corrected chi connectivity index (χ3v) is 2.66. The van der Waals surface area contributed by atoms with Gasteiger partial charge in [0.15, 0.2) is 0 Å². The van der Waals surface area contributed by atoms with Crippen molar-refractivity contribution in [3.8, 4) is 0 Å². The molecule has 1 rings (SSSR count). The Balaban J connectivity index is 2.72. The second-order valence-electron chi connectivity index (χ2n) is 4.24. The smallest absolute Gasteiger partial charge is 0.416 e. The summed E-state index contributed by atoms with van der Waals surface area (Å²) in [4.78, 5) is 11.0. The average Bonchev–Trinajstić information content (AvgIpc) is 2.33. The third kappa shape index (κ3) is 4.90. The van der Waals surface area contributed by atoms with E-state index in [0.29, 0.717) is 12.1 Å². The van der Waals surface area contributed by atoms with Crippen molar-refractivity contribution >= 4 is 5.97 Å². The quantitative estimate of drug-likeness (QED) is 0.839. The molecule has 0 saturated heterocycles. The van der Waals surface area contributed by atoms with Gasteiger partial charge >= 0.3 is 12.1 Å². The maximum Gasteiger partial charge on any atom is 0.416 e. The van der Waals surface area contributed by atoms with E-state index in [1.165, 1.54) is 12.1 Å². The molecular formula is C13H16F3NO2. The minimum atomic E-state index is -4.37. The average molecular weight is 275 g/mol. The van der Waals surface area contributed by atoms with E-state index >= 15 is 0 Å². The van der Waals surface area contributed by atoms with Crippen LogP contribution in [0.4, 0.5) is 13.2 Å². The van der Waals surface area contributed by atoms with Crippen LogP contribution in [0.1, 0.15) is 24.5 Å². The zero-order valence-corrected chi connectivity index (χ0v) is 10.5. The topological polar surface area (TPSA) is 49.3 Å². The second-order valence-corrected chi connectivity index (χ2v) is 4.24. The molecule has 0 unspecified atom stereocenters. The van der Waals surface area contributed by atoms with Crippen molar-refractivity contribution in [1.29, 1.82) is 0 Å². The first-order valence-electron chi connectivity index (χ1n) is 5.97. The van der Waals surface area contributed by atoms with Gasteiger partial charge in [-0.2, -0.15) is 13.2 Å². The fourth-order valence-corrected chi connectivity index (χ4v) is 1.63. The number of aliphatic carboxylic acids is 1. The van der Waals surface area contributed by atoms with Crippen LogP contribution < -0.4 is 5.32 Å². The van der Waals surface area contributed by atoms with Gasteiger partial charge in [-0.3, -0.25) is 4.79 Å². The van der Waals surface area contributed by atoms with Gasteiger partial charge in [-0.05, 0) is 37.1 Å². The number of carboxylic acid groups (broad SMARTS) is 1. The number of benzene rings is 1. The minimum Gasteiger partial charge on any atom is -0.480 e. The summed E-state index contributed by atoms with van der Waals surface area (Å²) in [5.41, 5.74) is -0.173. The lowest BCUT2D eigenvalue weighted by Crippen LogP contribution is -2.38. The molecule has 0 radical (unpaired) electrons. The van der Waals surface area contributed by atoms with Crippen LogP contribution in [0, 0.1) is 0 Å². The maximum absolute atomic E-state index is 12.4. The Morgan fingerprint density at radius 1 is 1.32 bits per heavy atom. The van der Waals surface area contributed by atoms with Gasteiger partial charge < -0.3 is 10.4 Å². The zero-order chi connectivity index (χ0) is 14.5. The highest BCUT2D eigenvalue weighted by atomic mass is 19.4. The number of hydrogen-bond donors (Lipinski definition) is 2. The van der Waals surface area contributed by atoms with E-state index in [1.54, 1.807) is 0 Å². The SMILES string of the molecule is CCCN[C@@H](Cc1ccc(C(F)(F)F)cc1)C(=O)O. The van der Waals surface area contributed by atoms with Gasteiger partial charge in [-0.25, -0.2) is 0 Å². The molecule has 0 aliphatic rings. The zero-order valence-electron chi connectivity index (χ0n) is 10.5. The fourth-order valence-electron chi connectivity index (χ4n) is 1.63. The van der Waals surface area contributed by atoms with Gasteiger partial charge in [0.05, 0.1) is 5.56 Å². The molecule has 0 amide bonds. The van der Waals surface area contributed by atoms with Crippen LogP contribution in [0.25, 0.3) is 0 Å². The summed E-state index contributed by atoms with van der Waals surface area (Å²) in [6.45, 7) is 2.46. The van der Waals surface area contributed by atoms with Crippen molar-refractivity contribution in [2.24, 2.45) is 0 Å². The third-order valence-electron chi connectivity index (χ3n) is 2.66. The molecule has 0 aromatic heterocycles. The second kappa shape index (κ2) is 6.56. The standard InChI is InChI=1S/C13H16F3NO2/c1-2-7-17-11(12(18)19)8-9-3-5-10(6-4-9)13(14,15)16/h3-6,11,17H,2,7-8H2,1H3,(H,18,19)/t11-/m0/s1. The van der Waals surface area contributed by atoms with Crippen molar-refractivity contribution in [1.82, 2.24) is 5.32 Å². The van der Waals surface area contributed by atoms with E-state index in [4.69, 9.17) is 5.11 Å². The molecular weight excluding hydrogens is 259 g/mol. The molecule has 6 heteroatoms. The van der Waals surface area contributed by atoms with Crippen LogP contribution in [0.3, 0.4) is 0 Å². The summed E-state index contributed by atoms with van der Waals surface area (Å²) >= 11 is 0. The first kappa shape index (κ1) is 15.5. The Bertz CT molecular complexity index is 415. The van der Waals surface area contributed by atoms with Crippen LogP contribution in [0.15, 0.2) is 24.3 Å². The van der Waals surface area contributed by atoms with E-state index in [2.05, 4.69) is 5.32 Å². The highest BCUT2D eigenvalue weighted by Crippen LogP contribution is 2.29. The molecule has 106 valence electrons. The maximum atomic E-state index is 12.4. The van der Waals surface area contributed by atoms with E-state index in [0.717, 1.165) is 18.6 Å². The molecule has 0 spiro atoms. The lowest BCUT2D eigenvalue weighted by molar-refractivity contribution is -0.140. The first-order chi connectivity index (χ1) is 8.84. The lowest BCUT2D eigenvalue weighted by Gasteiger charge is -2.14. The summed E-state index contributed by atoms with van der Waals surface area (Å²) < 4.78 is 37.1. The normalized spacial score (nSPS) is 13.3. The number of carbonyl (C=O) groups is 1. The number of halogens is 3. The summed E-state index contributed by atoms with van der Waals surface area (Å²) in [6.07, 6.45) is -3.42. The summed E-state index contributed by atoms with van der Waals surface area (Å²) in [7, 11) is 0. The lowest BCUT2D eigenvalue weighted by atomic mass is 10.0. The monoisotopic (exact) mass is 275 g/mol. The Hall–Kier alpha value is -1.56. The van der Waals surface area contributed by atoms with Crippen molar-refractivity contribution in [2.75, 3.05) is 6.54 Å². The Kier molecular flexibility index (Phi) is 5.35. The van der Waals surface area contributed by atoms with Crippen LogP contribution in [-0.2, 0) is 17.4 Å². The van der Waals surface area contributed by atoms with Gasteiger partial charge in [-0.15, -0.1) is 0 Å². The van der Waals surface area contributed by atoms with E-state index in [9.17, 15) is 18.0 Å². The van der Waals surface area contributed by atoms with Crippen molar-refractivity contribution in [2.45, 2.75) is 32.0 Å². The Labute approximate surface area is 109 Å². The number of carboxylic acids is 1. The summed E-state index contributed by atoms with van der Waals surface area (Å²) in [5, 5.41) is 11.8. The molecule has 0 aliphatic carbocycles. The summed E-state index contributed by atoms with van der Waals surface area (Å²) in [5.74, 6) is -1.01. The van der Waals surface area contributed by atoms with Gasteiger partial charge in [0.25, 0.3) is 0 Å². The van der Waals surface area contributed by atoms with Crippen LogP contribution in [0.5, 0.6) is 0 Å². The Morgan fingerprint density at radius 3 is 2.32 bits per heavy atom. The highest BCUT2D eigenvalue weighted by Gasteiger charge is 2.30. The van der Waals surface area contributed by atoms with Gasteiger partial charge in [-0.1, -0.05) is 19.1 Å². The van der Waals surface area contributed by atoms with Crippen molar-refractivity contribution < 1.29 is 23.1 Å². The molecule has 1 atom stereocenters. The highest BCUT2D eigenvalue weighted by molar-refractivity contribution is 5.73. The predicted molar refractivity (Wildman–Crippen MR) is 64.9 cm³/mol. The van der Waals surface area contributed by atoms with Gasteiger partial charge in [0.1, 0.15) is 6.04 Å². The molecule has 2 N–H and O–H groups in total. The molecule has 0 fully saturated rings. The Morgan fingerprint density at radius 2 is 1.89 bits per heavy atom. The van der Waals surface area contributed by atoms with Crippen LogP contribution >= 0.6 is 0 Å². The van der Waals surface area contributed by atoms with E-state index in [-0.39, 0.29) is 6.42 Å². The molecule has 0 saturated carbocycles. The van der Waals surface area contributed by atoms with Gasteiger partial charge in [0.2, 0.25) is 0 Å². The molecule has 0 aliphatic heterocycles. The largest absolute Gasteiger partial charge is 0.480 e. The summed E-state index contributed by atoms with van der Waals surface area (Å²) in [6, 6.07) is 3.78.